The Labute approximate surface area is 634 Å². The first kappa shape index (κ1) is 123. The van der Waals surface area contributed by atoms with Crippen molar-refractivity contribution in [3.63, 3.8) is 0 Å². The third-order valence-electron chi connectivity index (χ3n) is 24.3. The molecule has 0 aliphatic heterocycles. The van der Waals surface area contributed by atoms with Crippen LogP contribution in [0.25, 0.3) is 0 Å². The zero-order chi connectivity index (χ0) is 83.7. The second-order valence-electron chi connectivity index (χ2n) is 38.8. The monoisotopic (exact) mass is 1450 g/mol. The number of hydrogen-bond donors (Lipinski definition) is 0. The summed E-state index contributed by atoms with van der Waals surface area (Å²) in [6, 6.07) is 0. The van der Waals surface area contributed by atoms with E-state index in [1.54, 1.807) is 55.4 Å². The molecule has 0 rings (SSSR count). The van der Waals surface area contributed by atoms with E-state index >= 15 is 0 Å². The summed E-state index contributed by atoms with van der Waals surface area (Å²) in [6.07, 6.45) is 17.6. The first-order valence-electron chi connectivity index (χ1n) is 42.1. The fraction of sp³-hybridized carbons (Fsp3) is 1.00. The van der Waals surface area contributed by atoms with Gasteiger partial charge in [0.25, 0.3) is 0 Å². The molecular formula is C93H201F7. The van der Waals surface area contributed by atoms with Crippen LogP contribution in [0.5, 0.6) is 0 Å². The Kier molecular flexibility index (Phi) is 72.1. The summed E-state index contributed by atoms with van der Waals surface area (Å²) >= 11 is 0. The highest BCUT2D eigenvalue weighted by atomic mass is 19.2. The van der Waals surface area contributed by atoms with Gasteiger partial charge in [-0.3, -0.25) is 0 Å². The first-order valence-corrected chi connectivity index (χ1v) is 42.1. The van der Waals surface area contributed by atoms with Crippen LogP contribution in [0.3, 0.4) is 0 Å². The van der Waals surface area contributed by atoms with Crippen LogP contribution >= 0.6 is 0 Å². The topological polar surface area (TPSA) is 0 Å². The maximum Gasteiger partial charge on any atom is 0.113 e. The van der Waals surface area contributed by atoms with Crippen LogP contribution in [-0.4, -0.2) is 39.7 Å². The number of alkyl halides is 7. The van der Waals surface area contributed by atoms with Crippen LogP contribution in [0, 0.1) is 91.7 Å². The van der Waals surface area contributed by atoms with Crippen molar-refractivity contribution < 1.29 is 30.7 Å². The Morgan fingerprint density at radius 2 is 0.520 bits per heavy atom. The van der Waals surface area contributed by atoms with E-state index in [2.05, 4.69) is 222 Å². The summed E-state index contributed by atoms with van der Waals surface area (Å²) in [4.78, 5) is 0. The first-order chi connectivity index (χ1) is 44.2. The minimum Gasteiger partial charge on any atom is -0.244 e. The largest absolute Gasteiger partial charge is 0.244 e. The summed E-state index contributed by atoms with van der Waals surface area (Å²) in [7, 11) is 0. The second-order valence-corrected chi connectivity index (χ2v) is 38.8. The van der Waals surface area contributed by atoms with Crippen LogP contribution in [0.4, 0.5) is 30.7 Å². The third kappa shape index (κ3) is 64.7. The number of hydrogen-bond acceptors (Lipinski definition) is 0. The SMILES string of the molecule is CC(C)C(C(C)C)C(C)(C)F.CC(C)C(C)(C)C.CCC(C)(CC)C(C)(C)C.CCC(C)(CC)[C@@](C)(F)CC.CCC(C)(F)CC.CCC(CC)C(C)(C)C.CCC(CC)[C@@](C)(F)CC.CCCC(C)(C)C.CCC[C@@](C)(F)CC.CC[C@](C)(F)C(C(C)C)C(C)C.CC[C@](C)(F)C(C)C. The molecule has 0 bridgehead atoms. The van der Waals surface area contributed by atoms with Gasteiger partial charge in [-0.1, -0.05) is 349 Å². The zero-order valence-corrected chi connectivity index (χ0v) is 79.4. The maximum atomic E-state index is 14.0. The van der Waals surface area contributed by atoms with Crippen LogP contribution in [0.2, 0.25) is 0 Å². The van der Waals surface area contributed by atoms with E-state index in [0.29, 0.717) is 102 Å². The minimum atomic E-state index is -1.04. The molecule has 0 saturated heterocycles. The zero-order valence-electron chi connectivity index (χ0n) is 79.4. The standard InChI is InChI=1S/C11H23F.2C10H21F.C10H22.C9H19F.C9H20.2C7H15F.2C7H16.C6H13F/c1-7-11(6,12)10(8(2)3)9(4)5;1-7(2)9(8(3)4)10(5,6)11;1-6-9(4,7-2)10(5,11)8-3;1-7-10(6,8-2)9(3,4)5;1-5-8(6-2)9(4,10)7-3;1-6-8(7-2)9(3,4)5;1-5-7(4,8)6(2)3;1-4-6-7(3,8)5-2;1-6(2)7(3,4)5;1-5-6-7(2,3)4;1-4-6(3,7)5-2/h8-10H,7H2,1-6H3;7-9H,1-6H3;6-8H2,1-5H3;7-8H2,1-6H3;8H,5-7H2,1-4H3;8H,6-7H2,1-5H3;6H,5H2,1-4H3;4-6H2,1-3H3;6H,1-5H3;5-6H2,1-4H3;4-5H2,1-3H3/t11-;;10-;;9-;;2*7-;;;/m0.0.0.00.../s1. The van der Waals surface area contributed by atoms with Crippen LogP contribution in [0.1, 0.15) is 475 Å². The molecule has 0 nitrogen and oxygen atoms in total. The molecule has 0 saturated carbocycles. The molecule has 0 aromatic carbocycles. The fourth-order valence-electron chi connectivity index (χ4n) is 12.5. The molecule has 5 atom stereocenters. The van der Waals surface area contributed by atoms with Gasteiger partial charge in [0.05, 0.1) is 0 Å². The van der Waals surface area contributed by atoms with E-state index in [1.807, 2.05) is 76.2 Å². The quantitative estimate of drug-likeness (QED) is 0.0719. The average molecular weight is 1450 g/mol. The lowest BCUT2D eigenvalue weighted by atomic mass is 9.65. The van der Waals surface area contributed by atoms with Gasteiger partial charge in [0.1, 0.15) is 39.7 Å². The number of halogens is 7. The molecule has 100 heavy (non-hydrogen) atoms. The normalized spacial score (nSPS) is 15.4. The molecule has 0 aliphatic rings. The Hall–Kier alpha value is -0.490. The van der Waals surface area contributed by atoms with E-state index in [9.17, 15) is 30.7 Å². The Bertz CT molecular complexity index is 1680. The molecule has 0 fully saturated rings. The molecule has 0 aliphatic carbocycles. The number of rotatable bonds is 27. The van der Waals surface area contributed by atoms with Gasteiger partial charge in [-0.2, -0.15) is 0 Å². The molecule has 0 N–H and O–H groups in total. The molecule has 0 aromatic heterocycles. The lowest BCUT2D eigenvalue weighted by Crippen LogP contribution is -2.38. The van der Waals surface area contributed by atoms with E-state index < -0.39 is 39.7 Å². The van der Waals surface area contributed by atoms with Crippen LogP contribution in [0.15, 0.2) is 0 Å². The van der Waals surface area contributed by atoms with Crippen molar-refractivity contribution in [1.82, 2.24) is 0 Å². The minimum absolute atomic E-state index is 0.137. The van der Waals surface area contributed by atoms with Gasteiger partial charge in [-0.05, 0) is 212 Å². The summed E-state index contributed by atoms with van der Waals surface area (Å²) in [5.41, 5.74) is -4.36. The van der Waals surface area contributed by atoms with Gasteiger partial charge in [-0.25, -0.2) is 30.7 Å². The molecular weight excluding hydrogens is 1250 g/mol. The van der Waals surface area contributed by atoms with Crippen molar-refractivity contribution in [2.24, 2.45) is 91.7 Å². The van der Waals surface area contributed by atoms with E-state index in [1.165, 1.54) is 38.5 Å². The van der Waals surface area contributed by atoms with Gasteiger partial charge in [0.2, 0.25) is 0 Å². The molecule has 0 spiro atoms. The Balaban J connectivity index is -0.0000000972. The van der Waals surface area contributed by atoms with Crippen molar-refractivity contribution in [2.75, 3.05) is 0 Å². The predicted molar refractivity (Wildman–Crippen MR) is 453 cm³/mol. The van der Waals surface area contributed by atoms with Crippen LogP contribution < -0.4 is 0 Å². The van der Waals surface area contributed by atoms with Crippen LogP contribution in [-0.2, 0) is 0 Å². The molecule has 0 radical (unpaired) electrons. The van der Waals surface area contributed by atoms with Crippen molar-refractivity contribution in [1.29, 1.82) is 0 Å². The van der Waals surface area contributed by atoms with Crippen molar-refractivity contribution in [2.45, 2.75) is 515 Å². The molecule has 0 aromatic rings. The fourth-order valence-corrected chi connectivity index (χ4v) is 12.5. The smallest absolute Gasteiger partial charge is 0.113 e. The van der Waals surface area contributed by atoms with Crippen molar-refractivity contribution >= 4 is 0 Å². The van der Waals surface area contributed by atoms with E-state index in [0.717, 1.165) is 43.9 Å². The van der Waals surface area contributed by atoms with Gasteiger partial charge < -0.3 is 0 Å². The van der Waals surface area contributed by atoms with Gasteiger partial charge >= 0.3 is 0 Å². The molecule has 622 valence electrons. The second kappa shape index (κ2) is 58.5. The highest BCUT2D eigenvalue weighted by molar-refractivity contribution is 4.91. The highest BCUT2D eigenvalue weighted by Gasteiger charge is 2.41. The van der Waals surface area contributed by atoms with Gasteiger partial charge in [0.15, 0.2) is 0 Å². The lowest BCUT2D eigenvalue weighted by Gasteiger charge is -2.40. The molecule has 0 amide bonds. The summed E-state index contributed by atoms with van der Waals surface area (Å²) in [5.74, 6) is 4.16. The summed E-state index contributed by atoms with van der Waals surface area (Å²) < 4.78 is 93.2. The summed E-state index contributed by atoms with van der Waals surface area (Å²) in [5, 5.41) is 0. The van der Waals surface area contributed by atoms with Crippen molar-refractivity contribution in [3.05, 3.63) is 0 Å². The average Bonchev–Trinajstić information content (AvgIpc) is 0.837. The van der Waals surface area contributed by atoms with E-state index in [-0.39, 0.29) is 29.1 Å². The van der Waals surface area contributed by atoms with Gasteiger partial charge in [0, 0.05) is 5.41 Å². The highest BCUT2D eigenvalue weighted by Crippen LogP contribution is 2.45. The summed E-state index contributed by atoms with van der Waals surface area (Å²) in [6.45, 7) is 105. The Morgan fingerprint density at radius 3 is 0.560 bits per heavy atom. The maximum absolute atomic E-state index is 14.0. The van der Waals surface area contributed by atoms with E-state index in [4.69, 9.17) is 0 Å². The lowest BCUT2D eigenvalue weighted by molar-refractivity contribution is 0.00941. The molecule has 0 unspecified atom stereocenters. The van der Waals surface area contributed by atoms with Crippen molar-refractivity contribution in [3.8, 4) is 0 Å². The Morgan fingerprint density at radius 1 is 0.250 bits per heavy atom. The van der Waals surface area contributed by atoms with Gasteiger partial charge in [-0.15, -0.1) is 0 Å². The molecule has 7 heteroatoms. The third-order valence-corrected chi connectivity index (χ3v) is 24.3. The molecule has 0 heterocycles. The predicted octanol–water partition coefficient (Wildman–Crippen LogP) is 36.3.